The number of nitrogens with two attached hydrogens (primary N) is 1. The standard InChI is InChI=1S/C9H12N2O2S/c1-4(2)7-5(12)3-14-9-6(10)8(13)11(7)9/h6,9H,3,10H2,1-2H3/t6-,9-/m1/s1. The molecule has 14 heavy (non-hydrogen) atoms. The van der Waals surface area contributed by atoms with Gasteiger partial charge in [-0.2, -0.15) is 0 Å². The molecule has 2 rings (SSSR count). The maximum Gasteiger partial charge on any atom is 0.248 e. The molecule has 2 fully saturated rings. The number of carbonyl (C=O) groups excluding carboxylic acids is 2. The summed E-state index contributed by atoms with van der Waals surface area (Å²) in [5.41, 5.74) is 7.08. The summed E-state index contributed by atoms with van der Waals surface area (Å²) in [7, 11) is 0. The Morgan fingerprint density at radius 2 is 2.14 bits per heavy atom. The highest BCUT2D eigenvalue weighted by Crippen LogP contribution is 2.38. The molecular formula is C9H12N2O2S. The van der Waals surface area contributed by atoms with E-state index in [9.17, 15) is 9.59 Å². The van der Waals surface area contributed by atoms with Crippen molar-refractivity contribution in [2.24, 2.45) is 5.73 Å². The Bertz CT molecular complexity index is 347. The summed E-state index contributed by atoms with van der Waals surface area (Å²) in [6.07, 6.45) is 0. The van der Waals surface area contributed by atoms with Crippen LogP contribution in [0.1, 0.15) is 13.8 Å². The van der Waals surface area contributed by atoms with Crippen molar-refractivity contribution < 1.29 is 9.59 Å². The van der Waals surface area contributed by atoms with E-state index < -0.39 is 6.04 Å². The molecule has 0 bridgehead atoms. The van der Waals surface area contributed by atoms with E-state index in [1.807, 2.05) is 13.8 Å². The fraction of sp³-hybridized carbons (Fsp3) is 0.556. The van der Waals surface area contributed by atoms with Crippen molar-refractivity contribution in [3.05, 3.63) is 11.3 Å². The van der Waals surface area contributed by atoms with Gasteiger partial charge in [0.1, 0.15) is 11.4 Å². The number of rotatable bonds is 0. The average Bonchev–Trinajstić information content (AvgIpc) is 2.15. The van der Waals surface area contributed by atoms with E-state index in [-0.39, 0.29) is 17.1 Å². The smallest absolute Gasteiger partial charge is 0.248 e. The Morgan fingerprint density at radius 1 is 1.50 bits per heavy atom. The normalized spacial score (nSPS) is 31.4. The van der Waals surface area contributed by atoms with E-state index in [0.29, 0.717) is 11.4 Å². The molecule has 2 atom stereocenters. The molecule has 2 N–H and O–H groups in total. The van der Waals surface area contributed by atoms with Gasteiger partial charge in [0.15, 0.2) is 5.78 Å². The van der Waals surface area contributed by atoms with Crippen molar-refractivity contribution in [3.63, 3.8) is 0 Å². The second kappa shape index (κ2) is 3.10. The first-order chi connectivity index (χ1) is 6.54. The van der Waals surface area contributed by atoms with Gasteiger partial charge in [-0.1, -0.05) is 0 Å². The van der Waals surface area contributed by atoms with Crippen molar-refractivity contribution in [1.82, 2.24) is 4.90 Å². The van der Waals surface area contributed by atoms with Crippen molar-refractivity contribution in [3.8, 4) is 0 Å². The van der Waals surface area contributed by atoms with Crippen LogP contribution in [-0.2, 0) is 9.59 Å². The number of allylic oxidation sites excluding steroid dienone is 2. The zero-order valence-corrected chi connectivity index (χ0v) is 8.93. The van der Waals surface area contributed by atoms with E-state index in [0.717, 1.165) is 5.57 Å². The first kappa shape index (κ1) is 9.73. The zero-order valence-electron chi connectivity index (χ0n) is 8.11. The minimum atomic E-state index is -0.428. The Labute approximate surface area is 86.5 Å². The van der Waals surface area contributed by atoms with Crippen molar-refractivity contribution in [2.45, 2.75) is 25.3 Å². The molecule has 0 saturated carbocycles. The van der Waals surface area contributed by atoms with Gasteiger partial charge in [-0.3, -0.25) is 14.5 Å². The van der Waals surface area contributed by atoms with Crippen LogP contribution in [0.5, 0.6) is 0 Å². The quantitative estimate of drug-likeness (QED) is 0.456. The molecule has 2 aliphatic rings. The lowest BCUT2D eigenvalue weighted by Crippen LogP contribution is -2.69. The number of ketones is 1. The monoisotopic (exact) mass is 212 g/mol. The first-order valence-electron chi connectivity index (χ1n) is 4.45. The molecule has 2 heterocycles. The molecule has 0 radical (unpaired) electrons. The number of β-lactam (4-membered cyclic amide) rings is 1. The highest BCUT2D eigenvalue weighted by molar-refractivity contribution is 8.00. The summed E-state index contributed by atoms with van der Waals surface area (Å²) >= 11 is 1.45. The maximum atomic E-state index is 11.6. The Morgan fingerprint density at radius 3 is 2.71 bits per heavy atom. The number of hydrogen-bond acceptors (Lipinski definition) is 4. The number of amides is 1. The van der Waals surface area contributed by atoms with E-state index in [2.05, 4.69) is 0 Å². The van der Waals surface area contributed by atoms with Gasteiger partial charge in [0.05, 0.1) is 11.4 Å². The van der Waals surface area contributed by atoms with Crippen LogP contribution in [0.15, 0.2) is 11.3 Å². The van der Waals surface area contributed by atoms with Gasteiger partial charge >= 0.3 is 0 Å². The Hall–Kier alpha value is -0.810. The van der Waals surface area contributed by atoms with Crippen LogP contribution in [0, 0.1) is 0 Å². The minimum Gasteiger partial charge on any atom is -0.317 e. The van der Waals surface area contributed by atoms with Gasteiger partial charge in [-0.05, 0) is 19.4 Å². The summed E-state index contributed by atoms with van der Waals surface area (Å²) in [6.45, 7) is 3.69. The Balaban J connectivity index is 2.36. The third kappa shape index (κ3) is 1.12. The molecule has 0 unspecified atom stereocenters. The van der Waals surface area contributed by atoms with Crippen LogP contribution < -0.4 is 5.73 Å². The van der Waals surface area contributed by atoms with Gasteiger partial charge in [0.2, 0.25) is 5.91 Å². The average molecular weight is 212 g/mol. The van der Waals surface area contributed by atoms with Crippen LogP contribution >= 0.6 is 11.8 Å². The van der Waals surface area contributed by atoms with Gasteiger partial charge in [-0.25, -0.2) is 0 Å². The SMILES string of the molecule is CC(C)=C1C(=O)CS[C@@H]2[C@H](N)C(=O)N12. The van der Waals surface area contributed by atoms with Crippen molar-refractivity contribution in [1.29, 1.82) is 0 Å². The van der Waals surface area contributed by atoms with E-state index in [1.165, 1.54) is 16.7 Å². The number of nitrogens with zero attached hydrogens (tertiary/aromatic N) is 1. The molecule has 4 nitrogen and oxygen atoms in total. The summed E-state index contributed by atoms with van der Waals surface area (Å²) in [5.74, 6) is 0.334. The third-order valence-corrected chi connectivity index (χ3v) is 3.72. The van der Waals surface area contributed by atoms with E-state index in [1.54, 1.807) is 0 Å². The van der Waals surface area contributed by atoms with Crippen LogP contribution in [-0.4, -0.2) is 33.8 Å². The minimum absolute atomic E-state index is 0.0231. The fourth-order valence-electron chi connectivity index (χ4n) is 1.79. The highest BCUT2D eigenvalue weighted by atomic mass is 32.2. The predicted octanol–water partition coefficient (Wildman–Crippen LogP) is 0.0918. The number of thioether (sulfide) groups is 1. The molecule has 0 aromatic carbocycles. The lowest BCUT2D eigenvalue weighted by Gasteiger charge is -2.48. The number of fused-ring (bicyclic) bond motifs is 1. The number of Topliss-reactive ketones (excluding diaryl/α,β-unsaturated/α-hetero) is 1. The second-order valence-corrected chi connectivity index (χ2v) is 4.81. The topological polar surface area (TPSA) is 63.4 Å². The molecule has 2 saturated heterocycles. The third-order valence-electron chi connectivity index (χ3n) is 2.45. The molecular weight excluding hydrogens is 200 g/mol. The summed E-state index contributed by atoms with van der Waals surface area (Å²) in [6, 6.07) is -0.428. The Kier molecular flexibility index (Phi) is 2.16. The van der Waals surface area contributed by atoms with Gasteiger partial charge in [0, 0.05) is 0 Å². The summed E-state index contributed by atoms with van der Waals surface area (Å²) in [5, 5.41) is -0.0231. The second-order valence-electron chi connectivity index (χ2n) is 3.71. The lowest BCUT2D eigenvalue weighted by molar-refractivity contribution is -0.143. The molecule has 0 aromatic rings. The molecule has 0 spiro atoms. The van der Waals surface area contributed by atoms with Crippen LogP contribution in [0.2, 0.25) is 0 Å². The van der Waals surface area contributed by atoms with E-state index in [4.69, 9.17) is 5.73 Å². The van der Waals surface area contributed by atoms with Gasteiger partial charge in [-0.15, -0.1) is 11.8 Å². The van der Waals surface area contributed by atoms with Crippen LogP contribution in [0.3, 0.4) is 0 Å². The number of hydrogen-bond donors (Lipinski definition) is 1. The predicted molar refractivity (Wildman–Crippen MR) is 54.4 cm³/mol. The lowest BCUT2D eigenvalue weighted by atomic mass is 10.0. The van der Waals surface area contributed by atoms with Gasteiger partial charge < -0.3 is 5.73 Å². The van der Waals surface area contributed by atoms with Crippen molar-refractivity contribution >= 4 is 23.5 Å². The molecule has 0 aromatic heterocycles. The van der Waals surface area contributed by atoms with E-state index >= 15 is 0 Å². The summed E-state index contributed by atoms with van der Waals surface area (Å²) < 4.78 is 0. The molecule has 2 aliphatic heterocycles. The molecule has 0 aliphatic carbocycles. The van der Waals surface area contributed by atoms with Crippen LogP contribution in [0.25, 0.3) is 0 Å². The molecule has 1 amide bonds. The highest BCUT2D eigenvalue weighted by Gasteiger charge is 2.51. The summed E-state index contributed by atoms with van der Waals surface area (Å²) in [4.78, 5) is 24.6. The maximum absolute atomic E-state index is 11.6. The van der Waals surface area contributed by atoms with Gasteiger partial charge in [0.25, 0.3) is 0 Å². The van der Waals surface area contributed by atoms with Crippen LogP contribution in [0.4, 0.5) is 0 Å². The molecule has 76 valence electrons. The molecule has 5 heteroatoms. The zero-order chi connectivity index (χ0) is 10.5. The fourth-order valence-corrected chi connectivity index (χ4v) is 2.93. The largest absolute Gasteiger partial charge is 0.317 e. The van der Waals surface area contributed by atoms with Crippen molar-refractivity contribution in [2.75, 3.05) is 5.75 Å². The first-order valence-corrected chi connectivity index (χ1v) is 5.50. The number of carbonyl (C=O) groups is 2.